The second-order valence-corrected chi connectivity index (χ2v) is 7.97. The Morgan fingerprint density at radius 3 is 2.57 bits per heavy atom. The highest BCUT2D eigenvalue weighted by molar-refractivity contribution is 6.30. The van der Waals surface area contributed by atoms with Crippen molar-refractivity contribution in [3.63, 3.8) is 0 Å². The molecule has 1 N–H and O–H groups in total. The van der Waals surface area contributed by atoms with Gasteiger partial charge in [0.25, 0.3) is 0 Å². The number of aromatic carboxylic acids is 1. The van der Waals surface area contributed by atoms with Crippen molar-refractivity contribution in [2.45, 2.75) is 31.8 Å². The maximum absolute atomic E-state index is 11.1. The number of ether oxygens (including phenoxy) is 1. The largest absolute Gasteiger partial charge is 0.486 e. The molecule has 3 aromatic rings. The van der Waals surface area contributed by atoms with Crippen LogP contribution in [0, 0.1) is 0 Å². The van der Waals surface area contributed by atoms with Gasteiger partial charge in [0.05, 0.1) is 5.56 Å². The smallest absolute Gasteiger partial charge is 0.335 e. The summed E-state index contributed by atoms with van der Waals surface area (Å²) in [5.74, 6) is -0.0339. The summed E-state index contributed by atoms with van der Waals surface area (Å²) in [7, 11) is 0. The molecule has 3 aromatic carbocycles. The van der Waals surface area contributed by atoms with E-state index in [0.717, 1.165) is 46.7 Å². The first kappa shape index (κ1) is 18.6. The van der Waals surface area contributed by atoms with E-state index in [1.54, 1.807) is 12.1 Å². The van der Waals surface area contributed by atoms with Crippen LogP contribution in [-0.2, 0) is 12.8 Å². The van der Waals surface area contributed by atoms with E-state index in [4.69, 9.17) is 21.4 Å². The first-order valence-electron chi connectivity index (χ1n) is 9.33. The molecule has 0 saturated carbocycles. The molecule has 4 rings (SSSR count). The van der Waals surface area contributed by atoms with Gasteiger partial charge in [-0.25, -0.2) is 4.79 Å². The molecule has 142 valence electrons. The summed E-state index contributed by atoms with van der Waals surface area (Å²) in [5.41, 5.74) is 4.24. The molecule has 3 nitrogen and oxygen atoms in total. The monoisotopic (exact) mass is 392 g/mol. The van der Waals surface area contributed by atoms with Crippen LogP contribution in [0.5, 0.6) is 5.75 Å². The van der Waals surface area contributed by atoms with Crippen LogP contribution in [0.4, 0.5) is 0 Å². The summed E-state index contributed by atoms with van der Waals surface area (Å²) in [6.45, 7) is 2.14. The fourth-order valence-electron chi connectivity index (χ4n) is 3.82. The van der Waals surface area contributed by atoms with Gasteiger partial charge in [-0.1, -0.05) is 54.1 Å². The van der Waals surface area contributed by atoms with Gasteiger partial charge in [-0.05, 0) is 60.7 Å². The molecule has 1 heterocycles. The van der Waals surface area contributed by atoms with Gasteiger partial charge < -0.3 is 9.84 Å². The average molecular weight is 393 g/mol. The van der Waals surface area contributed by atoms with E-state index in [2.05, 4.69) is 19.1 Å². The van der Waals surface area contributed by atoms with Crippen molar-refractivity contribution in [2.75, 3.05) is 0 Å². The summed E-state index contributed by atoms with van der Waals surface area (Å²) in [4.78, 5) is 11.1. The molecular formula is C24H21ClO3. The zero-order chi connectivity index (χ0) is 19.7. The van der Waals surface area contributed by atoms with Crippen molar-refractivity contribution in [1.29, 1.82) is 0 Å². The Kier molecular flexibility index (Phi) is 4.86. The predicted molar refractivity (Wildman–Crippen MR) is 111 cm³/mol. The molecule has 0 aliphatic carbocycles. The third-order valence-electron chi connectivity index (χ3n) is 5.28. The molecule has 0 spiro atoms. The van der Waals surface area contributed by atoms with Crippen molar-refractivity contribution < 1.29 is 14.6 Å². The van der Waals surface area contributed by atoms with Gasteiger partial charge in [0, 0.05) is 17.0 Å². The summed E-state index contributed by atoms with van der Waals surface area (Å²) in [5, 5.41) is 9.87. The number of rotatable bonds is 4. The molecule has 1 unspecified atom stereocenters. The molecule has 4 heteroatoms. The van der Waals surface area contributed by atoms with Crippen molar-refractivity contribution in [2.24, 2.45) is 0 Å². The number of aryl methyl sites for hydroxylation is 1. The number of carbonyl (C=O) groups is 1. The number of hydrogen-bond donors (Lipinski definition) is 1. The van der Waals surface area contributed by atoms with Gasteiger partial charge in [-0.15, -0.1) is 0 Å². The summed E-state index contributed by atoms with van der Waals surface area (Å²) in [6, 6.07) is 21.0. The summed E-state index contributed by atoms with van der Waals surface area (Å²) in [6.07, 6.45) is 2.64. The van der Waals surface area contributed by atoms with Crippen LogP contribution in [0.3, 0.4) is 0 Å². The van der Waals surface area contributed by atoms with Crippen LogP contribution in [0.25, 0.3) is 11.1 Å². The van der Waals surface area contributed by atoms with Crippen molar-refractivity contribution in [3.8, 4) is 16.9 Å². The van der Waals surface area contributed by atoms with Crippen LogP contribution in [-0.4, -0.2) is 16.7 Å². The zero-order valence-corrected chi connectivity index (χ0v) is 16.4. The zero-order valence-electron chi connectivity index (χ0n) is 15.6. The fraction of sp³-hybridized carbons (Fsp3) is 0.208. The number of hydrogen-bond acceptors (Lipinski definition) is 2. The fourth-order valence-corrected chi connectivity index (χ4v) is 4.03. The minimum atomic E-state index is -0.924. The minimum Gasteiger partial charge on any atom is -0.486 e. The SMILES string of the molecule is CC1(Cc2cccc(Cl)c2)CCc2cccc(-c3ccc(C(=O)O)cc3)c2O1. The van der Waals surface area contributed by atoms with E-state index < -0.39 is 5.97 Å². The molecule has 1 atom stereocenters. The second kappa shape index (κ2) is 7.33. The van der Waals surface area contributed by atoms with Gasteiger partial charge >= 0.3 is 5.97 Å². The first-order chi connectivity index (χ1) is 13.4. The van der Waals surface area contributed by atoms with E-state index >= 15 is 0 Å². The van der Waals surface area contributed by atoms with Gasteiger partial charge in [0.2, 0.25) is 0 Å². The van der Waals surface area contributed by atoms with E-state index in [0.29, 0.717) is 0 Å². The number of benzene rings is 3. The molecule has 0 aromatic heterocycles. The standard InChI is InChI=1S/C24H21ClO3/c1-24(15-16-4-2-6-20(25)14-16)13-12-18-5-3-7-21(22(18)28-24)17-8-10-19(11-9-17)23(26)27/h2-11,14H,12-13,15H2,1H3,(H,26,27). The highest BCUT2D eigenvalue weighted by Crippen LogP contribution is 2.42. The van der Waals surface area contributed by atoms with Gasteiger partial charge in [-0.3, -0.25) is 0 Å². The van der Waals surface area contributed by atoms with Crippen LogP contribution in [0.1, 0.15) is 34.8 Å². The topological polar surface area (TPSA) is 46.5 Å². The molecule has 0 saturated heterocycles. The second-order valence-electron chi connectivity index (χ2n) is 7.53. The Balaban J connectivity index is 1.66. The maximum Gasteiger partial charge on any atom is 0.335 e. The van der Waals surface area contributed by atoms with Crippen LogP contribution in [0.2, 0.25) is 5.02 Å². The van der Waals surface area contributed by atoms with E-state index in [-0.39, 0.29) is 11.2 Å². The minimum absolute atomic E-state index is 0.278. The van der Waals surface area contributed by atoms with E-state index in [1.807, 2.05) is 42.5 Å². The first-order valence-corrected chi connectivity index (χ1v) is 9.70. The number of carboxylic acids is 1. The Morgan fingerprint density at radius 2 is 1.86 bits per heavy atom. The molecule has 1 aliphatic rings. The van der Waals surface area contributed by atoms with Gasteiger partial charge in [-0.2, -0.15) is 0 Å². The van der Waals surface area contributed by atoms with Crippen molar-refractivity contribution >= 4 is 17.6 Å². The molecule has 0 amide bonds. The quantitative estimate of drug-likeness (QED) is 0.589. The third kappa shape index (κ3) is 3.76. The van der Waals surface area contributed by atoms with Gasteiger partial charge in [0.1, 0.15) is 11.4 Å². The van der Waals surface area contributed by atoms with Crippen LogP contribution < -0.4 is 4.74 Å². The van der Waals surface area contributed by atoms with Crippen molar-refractivity contribution in [3.05, 3.63) is 88.4 Å². The lowest BCUT2D eigenvalue weighted by molar-refractivity contribution is 0.0661. The lowest BCUT2D eigenvalue weighted by atomic mass is 9.86. The Labute approximate surface area is 169 Å². The number of fused-ring (bicyclic) bond motifs is 1. The molecule has 1 aliphatic heterocycles. The summed E-state index contributed by atoms with van der Waals surface area (Å²) < 4.78 is 6.57. The van der Waals surface area contributed by atoms with Crippen LogP contribution >= 0.6 is 11.6 Å². The molecule has 0 fully saturated rings. The average Bonchev–Trinajstić information content (AvgIpc) is 2.67. The maximum atomic E-state index is 11.1. The van der Waals surface area contributed by atoms with Crippen molar-refractivity contribution in [1.82, 2.24) is 0 Å². The number of halogens is 1. The Morgan fingerprint density at radius 1 is 1.11 bits per heavy atom. The highest BCUT2D eigenvalue weighted by Gasteiger charge is 2.33. The molecule has 28 heavy (non-hydrogen) atoms. The lowest BCUT2D eigenvalue weighted by Crippen LogP contribution is -2.38. The predicted octanol–water partition coefficient (Wildman–Crippen LogP) is 6.03. The number of carboxylic acid groups (broad SMARTS) is 1. The normalized spacial score (nSPS) is 18.2. The third-order valence-corrected chi connectivity index (χ3v) is 5.51. The lowest BCUT2D eigenvalue weighted by Gasteiger charge is -2.37. The molecule has 0 bridgehead atoms. The summed E-state index contributed by atoms with van der Waals surface area (Å²) >= 11 is 6.15. The highest BCUT2D eigenvalue weighted by atomic mass is 35.5. The van der Waals surface area contributed by atoms with Crippen LogP contribution in [0.15, 0.2) is 66.7 Å². The Hall–Kier alpha value is -2.78. The van der Waals surface area contributed by atoms with E-state index in [9.17, 15) is 4.79 Å². The Bertz CT molecular complexity index is 1030. The van der Waals surface area contributed by atoms with E-state index in [1.165, 1.54) is 5.56 Å². The number of para-hydroxylation sites is 1. The molecular weight excluding hydrogens is 372 g/mol. The molecule has 0 radical (unpaired) electrons. The van der Waals surface area contributed by atoms with Gasteiger partial charge in [0.15, 0.2) is 0 Å².